The average Bonchev–Trinajstić information content (AvgIpc) is 2.80. The van der Waals surface area contributed by atoms with Crippen molar-refractivity contribution in [2.75, 3.05) is 26.2 Å². The molecule has 0 spiro atoms. The fourth-order valence-electron chi connectivity index (χ4n) is 4.60. The molecule has 2 aliphatic rings. The minimum absolute atomic E-state index is 0.146. The first-order valence-electron chi connectivity index (χ1n) is 10.9. The van der Waals surface area contributed by atoms with E-state index in [1.165, 1.54) is 32.9 Å². The standard InChI is InChI=1S/C23H30N2O4S2/c1-19-7-5-15-24(17-19)30(26,27)22-11-13-23(14-12-22)31(28,29)25-16-6-10-21(18-25)20-8-3-2-4-9-20/h2-4,8-9,11-14,19,21H,5-7,10,15-18H2,1H3/t19-,21-/m0/s1. The Morgan fingerprint density at radius 3 is 1.77 bits per heavy atom. The molecule has 0 bridgehead atoms. The monoisotopic (exact) mass is 462 g/mol. The molecule has 31 heavy (non-hydrogen) atoms. The lowest BCUT2D eigenvalue weighted by Gasteiger charge is -2.32. The van der Waals surface area contributed by atoms with Gasteiger partial charge in [-0.3, -0.25) is 0 Å². The minimum atomic E-state index is -3.67. The summed E-state index contributed by atoms with van der Waals surface area (Å²) in [6.07, 6.45) is 3.65. The quantitative estimate of drug-likeness (QED) is 0.679. The van der Waals surface area contributed by atoms with Gasteiger partial charge in [0.2, 0.25) is 20.0 Å². The summed E-state index contributed by atoms with van der Waals surface area (Å²) in [5, 5.41) is 0. The van der Waals surface area contributed by atoms with E-state index in [9.17, 15) is 16.8 Å². The summed E-state index contributed by atoms with van der Waals surface area (Å²) in [6, 6.07) is 15.7. The molecule has 0 radical (unpaired) electrons. The van der Waals surface area contributed by atoms with E-state index < -0.39 is 20.0 Å². The third-order valence-electron chi connectivity index (χ3n) is 6.37. The molecule has 0 N–H and O–H groups in total. The van der Waals surface area contributed by atoms with Gasteiger partial charge in [0.1, 0.15) is 0 Å². The molecule has 0 saturated carbocycles. The molecule has 4 rings (SSSR count). The van der Waals surface area contributed by atoms with Crippen molar-refractivity contribution in [2.45, 2.75) is 48.3 Å². The summed E-state index contributed by atoms with van der Waals surface area (Å²) in [5.41, 5.74) is 1.15. The van der Waals surface area contributed by atoms with Crippen LogP contribution in [0.25, 0.3) is 0 Å². The maximum Gasteiger partial charge on any atom is 0.243 e. The van der Waals surface area contributed by atoms with Crippen molar-refractivity contribution < 1.29 is 16.8 Å². The van der Waals surface area contributed by atoms with Crippen molar-refractivity contribution >= 4 is 20.0 Å². The van der Waals surface area contributed by atoms with Gasteiger partial charge in [-0.05, 0) is 67.3 Å². The summed E-state index contributed by atoms with van der Waals surface area (Å²) in [7, 11) is -7.28. The van der Waals surface area contributed by atoms with Crippen LogP contribution in [0.1, 0.15) is 44.1 Å². The van der Waals surface area contributed by atoms with E-state index in [1.54, 1.807) is 0 Å². The van der Waals surface area contributed by atoms with Gasteiger partial charge < -0.3 is 0 Å². The first kappa shape index (κ1) is 22.5. The summed E-state index contributed by atoms with van der Waals surface area (Å²) in [5.74, 6) is 0.505. The molecule has 2 aromatic rings. The molecule has 0 aromatic heterocycles. The van der Waals surface area contributed by atoms with E-state index in [1.807, 2.05) is 30.3 Å². The highest BCUT2D eigenvalue weighted by atomic mass is 32.2. The van der Waals surface area contributed by atoms with Crippen molar-refractivity contribution in [1.82, 2.24) is 8.61 Å². The third-order valence-corrected chi connectivity index (χ3v) is 10.1. The van der Waals surface area contributed by atoms with Crippen molar-refractivity contribution in [3.8, 4) is 0 Å². The maximum atomic E-state index is 13.2. The third kappa shape index (κ3) is 4.72. The van der Waals surface area contributed by atoms with Gasteiger partial charge in [0.05, 0.1) is 9.79 Å². The van der Waals surface area contributed by atoms with E-state index in [0.717, 1.165) is 31.2 Å². The normalized spacial score (nSPS) is 24.2. The second kappa shape index (κ2) is 9.02. The van der Waals surface area contributed by atoms with Crippen molar-refractivity contribution in [2.24, 2.45) is 5.92 Å². The Hall–Kier alpha value is -1.74. The molecule has 2 heterocycles. The van der Waals surface area contributed by atoms with Crippen LogP contribution in [0.2, 0.25) is 0 Å². The zero-order valence-electron chi connectivity index (χ0n) is 17.9. The Labute approximate surface area is 186 Å². The lowest BCUT2D eigenvalue weighted by atomic mass is 9.92. The largest absolute Gasteiger partial charge is 0.243 e. The molecule has 6 nitrogen and oxygen atoms in total. The van der Waals surface area contributed by atoms with Crippen molar-refractivity contribution in [1.29, 1.82) is 0 Å². The van der Waals surface area contributed by atoms with Crippen LogP contribution in [0.4, 0.5) is 0 Å². The molecule has 8 heteroatoms. The van der Waals surface area contributed by atoms with Gasteiger partial charge in [0, 0.05) is 26.2 Å². The van der Waals surface area contributed by atoms with Crippen molar-refractivity contribution in [3.63, 3.8) is 0 Å². The summed E-state index contributed by atoms with van der Waals surface area (Å²) in [6.45, 7) is 4.01. The molecule has 2 saturated heterocycles. The zero-order chi connectivity index (χ0) is 22.1. The van der Waals surface area contributed by atoms with Crippen LogP contribution in [-0.2, 0) is 20.0 Å². The average molecular weight is 463 g/mol. The lowest BCUT2D eigenvalue weighted by molar-refractivity contribution is 0.281. The van der Waals surface area contributed by atoms with E-state index >= 15 is 0 Å². The van der Waals surface area contributed by atoms with Crippen LogP contribution in [0.5, 0.6) is 0 Å². The van der Waals surface area contributed by atoms with Gasteiger partial charge in [-0.25, -0.2) is 16.8 Å². The topological polar surface area (TPSA) is 74.8 Å². The lowest BCUT2D eigenvalue weighted by Crippen LogP contribution is -2.39. The van der Waals surface area contributed by atoms with Gasteiger partial charge in [-0.1, -0.05) is 37.3 Å². The van der Waals surface area contributed by atoms with Crippen LogP contribution in [0, 0.1) is 5.92 Å². The molecule has 168 valence electrons. The maximum absolute atomic E-state index is 13.2. The highest BCUT2D eigenvalue weighted by Crippen LogP contribution is 2.31. The van der Waals surface area contributed by atoms with E-state index in [2.05, 4.69) is 6.92 Å². The molecule has 0 amide bonds. The Kier molecular flexibility index (Phi) is 6.53. The van der Waals surface area contributed by atoms with Crippen LogP contribution in [0.3, 0.4) is 0 Å². The van der Waals surface area contributed by atoms with Crippen LogP contribution >= 0.6 is 0 Å². The fraction of sp³-hybridized carbons (Fsp3) is 0.478. The summed E-state index contributed by atoms with van der Waals surface area (Å²) >= 11 is 0. The number of nitrogens with zero attached hydrogens (tertiary/aromatic N) is 2. The van der Waals surface area contributed by atoms with Gasteiger partial charge in [-0.2, -0.15) is 8.61 Å². The number of hydrogen-bond donors (Lipinski definition) is 0. The number of sulfonamides is 2. The Bertz CT molecular complexity index is 1100. The molecule has 2 aliphatic heterocycles. The molecule has 0 unspecified atom stereocenters. The Balaban J connectivity index is 1.52. The van der Waals surface area contributed by atoms with E-state index in [-0.39, 0.29) is 15.7 Å². The predicted octanol–water partition coefficient (Wildman–Crippen LogP) is 3.68. The minimum Gasteiger partial charge on any atom is -0.207 e. The van der Waals surface area contributed by atoms with Crippen LogP contribution in [-0.4, -0.2) is 51.6 Å². The molecular weight excluding hydrogens is 432 g/mol. The van der Waals surface area contributed by atoms with Crippen LogP contribution < -0.4 is 0 Å². The molecule has 2 aromatic carbocycles. The van der Waals surface area contributed by atoms with E-state index in [4.69, 9.17) is 0 Å². The SMILES string of the molecule is C[C@H]1CCCN(S(=O)(=O)c2ccc(S(=O)(=O)N3CCC[C@H](c4ccccc4)C3)cc2)C1. The molecule has 0 aliphatic carbocycles. The highest BCUT2D eigenvalue weighted by molar-refractivity contribution is 7.89. The Morgan fingerprint density at radius 2 is 1.23 bits per heavy atom. The first-order chi connectivity index (χ1) is 14.8. The number of rotatable bonds is 5. The second-order valence-electron chi connectivity index (χ2n) is 8.69. The Morgan fingerprint density at radius 1 is 0.710 bits per heavy atom. The smallest absolute Gasteiger partial charge is 0.207 e. The zero-order valence-corrected chi connectivity index (χ0v) is 19.5. The summed E-state index contributed by atoms with van der Waals surface area (Å²) < 4.78 is 55.4. The van der Waals surface area contributed by atoms with Crippen molar-refractivity contribution in [3.05, 3.63) is 60.2 Å². The molecular formula is C23H30N2O4S2. The second-order valence-corrected chi connectivity index (χ2v) is 12.6. The summed E-state index contributed by atoms with van der Waals surface area (Å²) in [4.78, 5) is 0.300. The highest BCUT2D eigenvalue weighted by Gasteiger charge is 2.32. The van der Waals surface area contributed by atoms with Crippen LogP contribution in [0.15, 0.2) is 64.4 Å². The fourth-order valence-corrected chi connectivity index (χ4v) is 7.73. The van der Waals surface area contributed by atoms with E-state index in [0.29, 0.717) is 32.1 Å². The van der Waals surface area contributed by atoms with Gasteiger partial charge in [-0.15, -0.1) is 0 Å². The van der Waals surface area contributed by atoms with Gasteiger partial charge >= 0.3 is 0 Å². The van der Waals surface area contributed by atoms with Gasteiger partial charge in [0.25, 0.3) is 0 Å². The van der Waals surface area contributed by atoms with Gasteiger partial charge in [0.15, 0.2) is 0 Å². The number of piperidine rings is 2. The molecule has 2 atom stereocenters. The number of benzene rings is 2. The predicted molar refractivity (Wildman–Crippen MR) is 121 cm³/mol. The molecule has 2 fully saturated rings. The number of hydrogen-bond acceptors (Lipinski definition) is 4. The first-order valence-corrected chi connectivity index (χ1v) is 13.8.